The molecule has 2 nitrogen and oxygen atoms in total. The number of rotatable bonds is 3. The Morgan fingerprint density at radius 3 is 1.38 bits per heavy atom. The zero-order chi connectivity index (χ0) is 34.9. The van der Waals surface area contributed by atoms with Gasteiger partial charge < -0.3 is 0 Å². The summed E-state index contributed by atoms with van der Waals surface area (Å²) in [5, 5.41) is 20.9. The van der Waals surface area contributed by atoms with Crippen LogP contribution in [0.25, 0.3) is 119 Å². The smallest absolute Gasteiger partial charge is 0.0780 e. The monoisotopic (exact) mass is 672 g/mol. The van der Waals surface area contributed by atoms with Crippen molar-refractivity contribution in [2.75, 3.05) is 0 Å². The number of aromatic nitrogens is 2. The summed E-state index contributed by atoms with van der Waals surface area (Å²) in [5.74, 6) is 0.402. The second kappa shape index (κ2) is 10.5. The molecule has 0 fully saturated rings. The third-order valence-electron chi connectivity index (χ3n) is 12.0. The first-order valence-electron chi connectivity index (χ1n) is 18.6. The Morgan fingerprint density at radius 2 is 0.792 bits per heavy atom. The number of para-hydroxylation sites is 2. The van der Waals surface area contributed by atoms with E-state index < -0.39 is 0 Å². The number of nitrogens with zero attached hydrogens (tertiary/aromatic N) is 2. The summed E-state index contributed by atoms with van der Waals surface area (Å²) in [6.45, 7) is 4.63. The van der Waals surface area contributed by atoms with Crippen molar-refractivity contribution in [3.63, 3.8) is 0 Å². The van der Waals surface area contributed by atoms with E-state index >= 15 is 0 Å². The minimum atomic E-state index is 0.402. The lowest BCUT2D eigenvalue weighted by molar-refractivity contribution is 0.870. The van der Waals surface area contributed by atoms with Crippen molar-refractivity contribution in [3.8, 4) is 22.3 Å². The molecule has 0 amide bonds. The molecular weight excluding hydrogens is 641 g/mol. The van der Waals surface area contributed by atoms with Crippen LogP contribution in [0.15, 0.2) is 152 Å². The lowest BCUT2D eigenvalue weighted by Crippen LogP contribution is -1.89. The second-order valence-electron chi connectivity index (χ2n) is 15.1. The van der Waals surface area contributed by atoms with Gasteiger partial charge in [0, 0.05) is 34.3 Å². The van der Waals surface area contributed by atoms with Crippen LogP contribution in [0.1, 0.15) is 25.3 Å². The predicted octanol–water partition coefficient (Wildman–Crippen LogP) is 14.2. The topological polar surface area (TPSA) is 25.8 Å². The van der Waals surface area contributed by atoms with Crippen LogP contribution in [0, 0.1) is 0 Å². The van der Waals surface area contributed by atoms with Crippen molar-refractivity contribution >= 4 is 97.2 Å². The van der Waals surface area contributed by atoms with E-state index in [1.54, 1.807) is 0 Å². The molecule has 0 atom stereocenters. The first-order chi connectivity index (χ1) is 26.1. The van der Waals surface area contributed by atoms with Gasteiger partial charge in [0.2, 0.25) is 0 Å². The lowest BCUT2D eigenvalue weighted by Gasteiger charge is -2.13. The van der Waals surface area contributed by atoms with E-state index in [0.717, 1.165) is 21.8 Å². The Labute approximate surface area is 305 Å². The Morgan fingerprint density at radius 1 is 0.358 bits per heavy atom. The van der Waals surface area contributed by atoms with Crippen LogP contribution in [-0.2, 0) is 0 Å². The number of hydrogen-bond donors (Lipinski definition) is 0. The van der Waals surface area contributed by atoms with E-state index in [4.69, 9.17) is 9.97 Å². The molecule has 0 N–H and O–H groups in total. The van der Waals surface area contributed by atoms with Gasteiger partial charge >= 0.3 is 0 Å². The molecule has 246 valence electrons. The first kappa shape index (κ1) is 29.0. The maximum atomic E-state index is 4.81. The van der Waals surface area contributed by atoms with Crippen LogP contribution in [-0.4, -0.2) is 9.97 Å². The maximum Gasteiger partial charge on any atom is 0.0780 e. The molecule has 2 heteroatoms. The molecule has 0 aliphatic rings. The summed E-state index contributed by atoms with van der Waals surface area (Å²) in [4.78, 5) is 9.61. The van der Waals surface area contributed by atoms with Crippen molar-refractivity contribution in [2.24, 2.45) is 0 Å². The van der Waals surface area contributed by atoms with Crippen molar-refractivity contribution in [1.29, 1.82) is 0 Å². The van der Waals surface area contributed by atoms with Gasteiger partial charge in [-0.25, -0.2) is 0 Å². The molecule has 0 saturated carbocycles. The zero-order valence-electron chi connectivity index (χ0n) is 29.4. The highest BCUT2D eigenvalue weighted by Crippen LogP contribution is 2.49. The third kappa shape index (κ3) is 3.93. The van der Waals surface area contributed by atoms with Gasteiger partial charge in [-0.1, -0.05) is 117 Å². The third-order valence-corrected chi connectivity index (χ3v) is 12.0. The summed E-state index contributed by atoms with van der Waals surface area (Å²) < 4.78 is 0. The summed E-state index contributed by atoms with van der Waals surface area (Å²) in [5.41, 5.74) is 8.19. The summed E-state index contributed by atoms with van der Waals surface area (Å²) in [7, 11) is 0. The van der Waals surface area contributed by atoms with Gasteiger partial charge in [0.15, 0.2) is 0 Å². The summed E-state index contributed by atoms with van der Waals surface area (Å²) >= 11 is 0. The summed E-state index contributed by atoms with van der Waals surface area (Å²) in [6.07, 6.45) is 3.79. The quantitative estimate of drug-likeness (QED) is 0.175. The molecule has 0 saturated heterocycles. The Balaban J connectivity index is 1.20. The maximum absolute atomic E-state index is 4.81. The van der Waals surface area contributed by atoms with E-state index in [9.17, 15) is 0 Å². The standard InChI is InChI=1S/C51H32N2/c1-28(2)33-24-44-37-19-17-32(35-13-4-9-30-11-7-21-53-51(30)35)23-41(37)47-26-42-39-15-5-14-38-36-18-16-31(34-12-3-8-29-10-6-20-52-50(29)34)22-40(36)46(48(38)39)27-43(42)45(25-33)49(44)47/h3-28H,1-2H3. The second-order valence-corrected chi connectivity index (χ2v) is 15.1. The summed E-state index contributed by atoms with van der Waals surface area (Å²) in [6, 6.07) is 52.2. The van der Waals surface area contributed by atoms with Crippen molar-refractivity contribution in [2.45, 2.75) is 19.8 Å². The number of hydrogen-bond acceptors (Lipinski definition) is 2. The number of benzene rings is 8. The fraction of sp³-hybridized carbons (Fsp3) is 0.0588. The Bertz CT molecular complexity index is 3470. The average Bonchev–Trinajstić information content (AvgIpc) is 3.70. The Kier molecular flexibility index (Phi) is 5.72. The van der Waals surface area contributed by atoms with Crippen LogP contribution >= 0.6 is 0 Å². The van der Waals surface area contributed by atoms with Gasteiger partial charge in [-0.05, 0) is 134 Å². The first-order valence-corrected chi connectivity index (χ1v) is 18.6. The molecule has 12 aromatic rings. The molecule has 53 heavy (non-hydrogen) atoms. The normalized spacial score (nSPS) is 12.5. The molecule has 2 heterocycles. The van der Waals surface area contributed by atoms with Gasteiger partial charge in [-0.3, -0.25) is 9.97 Å². The van der Waals surface area contributed by atoms with Crippen molar-refractivity contribution in [3.05, 3.63) is 157 Å². The van der Waals surface area contributed by atoms with E-state index in [2.05, 4.69) is 141 Å². The highest BCUT2D eigenvalue weighted by molar-refractivity contribution is 6.41. The highest BCUT2D eigenvalue weighted by Gasteiger charge is 2.21. The minimum Gasteiger partial charge on any atom is -0.256 e. The zero-order valence-corrected chi connectivity index (χ0v) is 29.4. The van der Waals surface area contributed by atoms with Gasteiger partial charge in [0.05, 0.1) is 11.0 Å². The lowest BCUT2D eigenvalue weighted by atomic mass is 9.90. The van der Waals surface area contributed by atoms with Gasteiger partial charge in [-0.2, -0.15) is 0 Å². The molecule has 0 aliphatic carbocycles. The number of pyridine rings is 2. The molecule has 12 rings (SSSR count). The fourth-order valence-electron chi connectivity index (χ4n) is 9.48. The molecule has 0 bridgehead atoms. The fourth-order valence-corrected chi connectivity index (χ4v) is 9.48. The molecule has 0 spiro atoms. The predicted molar refractivity (Wildman–Crippen MR) is 227 cm³/mol. The van der Waals surface area contributed by atoms with Gasteiger partial charge in [0.1, 0.15) is 0 Å². The molecular formula is C51H32N2. The van der Waals surface area contributed by atoms with E-state index in [0.29, 0.717) is 5.92 Å². The van der Waals surface area contributed by atoms with Gasteiger partial charge in [-0.15, -0.1) is 0 Å². The molecule has 0 aliphatic heterocycles. The van der Waals surface area contributed by atoms with Gasteiger partial charge in [0.25, 0.3) is 0 Å². The molecule has 2 aromatic heterocycles. The largest absolute Gasteiger partial charge is 0.256 e. The van der Waals surface area contributed by atoms with Crippen LogP contribution in [0.3, 0.4) is 0 Å². The SMILES string of the molecule is CC(C)c1cc2c3ccc(-c4cccc5cccnc45)cc3c3cc4c(cc5c6cc(-c7cccc8cccnc78)ccc6c6cccc4c65)c(c1)c23. The van der Waals surface area contributed by atoms with Crippen molar-refractivity contribution < 1.29 is 0 Å². The number of fused-ring (bicyclic) bond motifs is 11. The van der Waals surface area contributed by atoms with Crippen LogP contribution in [0.2, 0.25) is 0 Å². The van der Waals surface area contributed by atoms with Crippen LogP contribution in [0.5, 0.6) is 0 Å². The average molecular weight is 673 g/mol. The Hall–Kier alpha value is -6.64. The van der Waals surface area contributed by atoms with E-state index in [-0.39, 0.29) is 0 Å². The molecule has 0 radical (unpaired) electrons. The van der Waals surface area contributed by atoms with Crippen molar-refractivity contribution in [1.82, 2.24) is 9.97 Å². The molecule has 10 aromatic carbocycles. The molecule has 0 unspecified atom stereocenters. The van der Waals surface area contributed by atoms with E-state index in [1.165, 1.54) is 103 Å². The van der Waals surface area contributed by atoms with Crippen LogP contribution < -0.4 is 0 Å². The minimum absolute atomic E-state index is 0.402. The van der Waals surface area contributed by atoms with Crippen LogP contribution in [0.4, 0.5) is 0 Å². The van der Waals surface area contributed by atoms with E-state index in [1.807, 2.05) is 24.5 Å². The highest BCUT2D eigenvalue weighted by atomic mass is 14.7.